The predicted octanol–water partition coefficient (Wildman–Crippen LogP) is 2.90. The van der Waals surface area contributed by atoms with Gasteiger partial charge in [-0.15, -0.1) is 0 Å². The van der Waals surface area contributed by atoms with Crippen LogP contribution in [0.5, 0.6) is 5.75 Å². The molecule has 1 aromatic rings. The Balaban J connectivity index is 1.47. The van der Waals surface area contributed by atoms with Crippen LogP contribution in [0.1, 0.15) is 39.0 Å². The molecule has 0 aromatic heterocycles. The molecule has 1 amide bonds. The number of anilines is 1. The summed E-state index contributed by atoms with van der Waals surface area (Å²) < 4.78 is 5.24. The molecule has 5 nitrogen and oxygen atoms in total. The molecule has 3 rings (SSSR count). The number of amides is 1. The van der Waals surface area contributed by atoms with Crippen molar-refractivity contribution in [2.45, 2.75) is 45.1 Å². The first-order valence-corrected chi connectivity index (χ1v) is 10.1. The van der Waals surface area contributed by atoms with Crippen LogP contribution in [0.3, 0.4) is 0 Å². The van der Waals surface area contributed by atoms with Gasteiger partial charge in [0.1, 0.15) is 5.75 Å². The summed E-state index contributed by atoms with van der Waals surface area (Å²) in [6, 6.07) is 8.63. The predicted molar refractivity (Wildman–Crippen MR) is 106 cm³/mol. The molecule has 0 bridgehead atoms. The number of ether oxygens (including phenoxy) is 1. The molecule has 1 aliphatic carbocycles. The van der Waals surface area contributed by atoms with Crippen molar-refractivity contribution >= 4 is 11.6 Å². The van der Waals surface area contributed by atoms with Gasteiger partial charge in [0.05, 0.1) is 13.7 Å². The SMILES string of the molecule is COc1ccc(N2CCCN(CC(=O)N[C@@H]3CCCC[C@@H]3C)CC2)cc1. The van der Waals surface area contributed by atoms with Crippen molar-refractivity contribution in [1.29, 1.82) is 0 Å². The van der Waals surface area contributed by atoms with Crippen molar-refractivity contribution in [2.24, 2.45) is 5.92 Å². The minimum absolute atomic E-state index is 0.196. The third-order valence-corrected chi connectivity index (χ3v) is 5.85. The van der Waals surface area contributed by atoms with Crippen LogP contribution in [0.15, 0.2) is 24.3 Å². The van der Waals surface area contributed by atoms with Crippen molar-refractivity contribution < 1.29 is 9.53 Å². The third kappa shape index (κ3) is 5.13. The summed E-state index contributed by atoms with van der Waals surface area (Å²) >= 11 is 0. The number of hydrogen-bond donors (Lipinski definition) is 1. The topological polar surface area (TPSA) is 44.8 Å². The highest BCUT2D eigenvalue weighted by Crippen LogP contribution is 2.24. The molecular weight excluding hydrogens is 326 g/mol. The summed E-state index contributed by atoms with van der Waals surface area (Å²) in [5.74, 6) is 1.70. The number of carbonyl (C=O) groups excluding carboxylic acids is 1. The van der Waals surface area contributed by atoms with Crippen molar-refractivity contribution in [1.82, 2.24) is 10.2 Å². The van der Waals surface area contributed by atoms with E-state index in [1.165, 1.54) is 24.9 Å². The minimum atomic E-state index is 0.196. The molecule has 2 atom stereocenters. The smallest absolute Gasteiger partial charge is 0.234 e. The summed E-state index contributed by atoms with van der Waals surface area (Å²) in [4.78, 5) is 17.2. The van der Waals surface area contributed by atoms with Gasteiger partial charge in [-0.3, -0.25) is 9.69 Å². The maximum Gasteiger partial charge on any atom is 0.234 e. The van der Waals surface area contributed by atoms with Gasteiger partial charge in [0.2, 0.25) is 5.91 Å². The number of nitrogens with zero attached hydrogens (tertiary/aromatic N) is 2. The summed E-state index contributed by atoms with van der Waals surface area (Å²) in [6.07, 6.45) is 6.01. The standard InChI is InChI=1S/C21H33N3O2/c1-17-6-3-4-7-20(17)22-21(25)16-23-12-5-13-24(15-14-23)18-8-10-19(26-2)11-9-18/h8-11,17,20H,3-7,12-16H2,1-2H3,(H,22,25)/t17-,20+/m0/s1. The maximum absolute atomic E-state index is 12.5. The van der Waals surface area contributed by atoms with Crippen molar-refractivity contribution in [3.63, 3.8) is 0 Å². The summed E-state index contributed by atoms with van der Waals surface area (Å²) in [7, 11) is 1.69. The maximum atomic E-state index is 12.5. The highest BCUT2D eigenvalue weighted by Gasteiger charge is 2.24. The summed E-state index contributed by atoms with van der Waals surface area (Å²) in [6.45, 7) is 6.70. The highest BCUT2D eigenvalue weighted by atomic mass is 16.5. The van der Waals surface area contributed by atoms with Gasteiger partial charge in [-0.05, 0) is 49.4 Å². The molecule has 144 valence electrons. The highest BCUT2D eigenvalue weighted by molar-refractivity contribution is 5.78. The summed E-state index contributed by atoms with van der Waals surface area (Å²) in [5, 5.41) is 3.28. The zero-order chi connectivity index (χ0) is 18.4. The fourth-order valence-electron chi connectivity index (χ4n) is 4.17. The average Bonchev–Trinajstić information content (AvgIpc) is 2.89. The monoisotopic (exact) mass is 359 g/mol. The van der Waals surface area contributed by atoms with Gasteiger partial charge >= 0.3 is 0 Å². The second-order valence-electron chi connectivity index (χ2n) is 7.75. The van der Waals surface area contributed by atoms with Gasteiger partial charge in [-0.2, -0.15) is 0 Å². The van der Waals surface area contributed by atoms with Crippen LogP contribution in [0, 0.1) is 5.92 Å². The molecular formula is C21H33N3O2. The number of methoxy groups -OCH3 is 1. The Labute approximate surface area is 157 Å². The van der Waals surface area contributed by atoms with Crippen LogP contribution in [-0.2, 0) is 4.79 Å². The summed E-state index contributed by atoms with van der Waals surface area (Å²) in [5.41, 5.74) is 1.23. The Morgan fingerprint density at radius 3 is 2.58 bits per heavy atom. The molecule has 1 heterocycles. The second kappa shape index (κ2) is 9.26. The number of benzene rings is 1. The van der Waals surface area contributed by atoms with E-state index in [0.29, 0.717) is 18.5 Å². The Bertz CT molecular complexity index is 575. The van der Waals surface area contributed by atoms with Crippen molar-refractivity contribution in [2.75, 3.05) is 44.7 Å². The zero-order valence-electron chi connectivity index (χ0n) is 16.2. The Hall–Kier alpha value is -1.75. The Kier molecular flexibility index (Phi) is 6.78. The quantitative estimate of drug-likeness (QED) is 0.878. The molecule has 0 unspecified atom stereocenters. The van der Waals surface area contributed by atoms with Crippen molar-refractivity contribution in [3.05, 3.63) is 24.3 Å². The molecule has 1 N–H and O–H groups in total. The van der Waals surface area contributed by atoms with E-state index in [0.717, 1.165) is 44.8 Å². The van der Waals surface area contributed by atoms with E-state index < -0.39 is 0 Å². The molecule has 5 heteroatoms. The Morgan fingerprint density at radius 1 is 1.08 bits per heavy atom. The van der Waals surface area contributed by atoms with E-state index in [1.807, 2.05) is 12.1 Å². The van der Waals surface area contributed by atoms with E-state index >= 15 is 0 Å². The van der Waals surface area contributed by atoms with Gasteiger partial charge in [0, 0.05) is 37.9 Å². The molecule has 26 heavy (non-hydrogen) atoms. The number of carbonyl (C=O) groups is 1. The van der Waals surface area contributed by atoms with E-state index in [9.17, 15) is 4.79 Å². The van der Waals surface area contributed by atoms with E-state index in [4.69, 9.17) is 4.74 Å². The van der Waals surface area contributed by atoms with Crippen molar-refractivity contribution in [3.8, 4) is 5.75 Å². The molecule has 1 saturated carbocycles. The van der Waals surface area contributed by atoms with Crippen LogP contribution in [-0.4, -0.2) is 56.7 Å². The van der Waals surface area contributed by atoms with Gasteiger partial charge in [-0.25, -0.2) is 0 Å². The first kappa shape index (κ1) is 19.0. The van der Waals surface area contributed by atoms with Gasteiger partial charge in [0.25, 0.3) is 0 Å². The number of hydrogen-bond acceptors (Lipinski definition) is 4. The molecule has 2 fully saturated rings. The lowest BCUT2D eigenvalue weighted by molar-refractivity contribution is -0.123. The lowest BCUT2D eigenvalue weighted by atomic mass is 9.86. The van der Waals surface area contributed by atoms with Crippen LogP contribution in [0.25, 0.3) is 0 Å². The molecule has 1 aromatic carbocycles. The molecule has 0 spiro atoms. The average molecular weight is 360 g/mol. The first-order valence-electron chi connectivity index (χ1n) is 10.1. The molecule has 0 radical (unpaired) electrons. The van der Waals surface area contributed by atoms with Crippen LogP contribution in [0.4, 0.5) is 5.69 Å². The number of rotatable bonds is 5. The first-order chi connectivity index (χ1) is 12.7. The van der Waals surface area contributed by atoms with E-state index in [1.54, 1.807) is 7.11 Å². The lowest BCUT2D eigenvalue weighted by Crippen LogP contribution is -2.46. The fourth-order valence-corrected chi connectivity index (χ4v) is 4.17. The number of nitrogens with one attached hydrogen (secondary N) is 1. The molecule has 1 saturated heterocycles. The van der Waals surface area contributed by atoms with Crippen LogP contribution < -0.4 is 15.0 Å². The van der Waals surface area contributed by atoms with E-state index in [-0.39, 0.29) is 5.91 Å². The minimum Gasteiger partial charge on any atom is -0.497 e. The van der Waals surface area contributed by atoms with E-state index in [2.05, 4.69) is 34.2 Å². The molecule has 2 aliphatic rings. The normalized spacial score (nSPS) is 24.8. The van der Waals surface area contributed by atoms with Gasteiger partial charge in [0.15, 0.2) is 0 Å². The Morgan fingerprint density at radius 2 is 1.85 bits per heavy atom. The van der Waals surface area contributed by atoms with Gasteiger partial charge in [-0.1, -0.05) is 19.8 Å². The third-order valence-electron chi connectivity index (χ3n) is 5.85. The van der Waals surface area contributed by atoms with Crippen LogP contribution >= 0.6 is 0 Å². The molecule has 1 aliphatic heterocycles. The lowest BCUT2D eigenvalue weighted by Gasteiger charge is -2.30. The second-order valence-corrected chi connectivity index (χ2v) is 7.75. The fraction of sp³-hybridized carbons (Fsp3) is 0.667. The zero-order valence-corrected chi connectivity index (χ0v) is 16.2. The van der Waals surface area contributed by atoms with Crippen LogP contribution in [0.2, 0.25) is 0 Å². The van der Waals surface area contributed by atoms with Gasteiger partial charge < -0.3 is 15.0 Å². The largest absolute Gasteiger partial charge is 0.497 e.